The van der Waals surface area contributed by atoms with Crippen molar-refractivity contribution in [3.63, 3.8) is 0 Å². The second-order valence-electron chi connectivity index (χ2n) is 7.29. The molecule has 7 nitrogen and oxygen atoms in total. The van der Waals surface area contributed by atoms with Crippen molar-refractivity contribution in [1.82, 2.24) is 15.2 Å². The molecule has 0 spiro atoms. The van der Waals surface area contributed by atoms with Crippen molar-refractivity contribution >= 4 is 11.8 Å². The number of pyridine rings is 1. The van der Waals surface area contributed by atoms with E-state index in [1.807, 2.05) is 0 Å². The number of furan rings is 1. The van der Waals surface area contributed by atoms with E-state index in [-0.39, 0.29) is 36.0 Å². The topological polar surface area (TPSA) is 84.7 Å². The molecular weight excluding hydrogens is 401 g/mol. The Bertz CT molecular complexity index is 1030. The number of aromatic nitrogens is 1. The standard InChI is InChI=1S/C23H22FN3O4/c24-17-3-5-19(6-4-17)30-15-20-7-8-21(31-20)23(29)27-12-9-18(10-13-27)26-22(28)16-2-1-11-25-14-16/h1-8,11,14,18H,9-10,12-13,15H2,(H,26,28). The summed E-state index contributed by atoms with van der Waals surface area (Å²) >= 11 is 0. The van der Waals surface area contributed by atoms with Gasteiger partial charge in [0.25, 0.3) is 11.8 Å². The third-order valence-corrected chi connectivity index (χ3v) is 5.11. The number of nitrogens with one attached hydrogen (secondary N) is 1. The summed E-state index contributed by atoms with van der Waals surface area (Å²) < 4.78 is 24.1. The molecule has 31 heavy (non-hydrogen) atoms. The van der Waals surface area contributed by atoms with Gasteiger partial charge in [-0.15, -0.1) is 0 Å². The lowest BCUT2D eigenvalue weighted by Crippen LogP contribution is -2.46. The molecule has 2 amide bonds. The zero-order chi connectivity index (χ0) is 21.6. The maximum atomic E-state index is 12.9. The second-order valence-corrected chi connectivity index (χ2v) is 7.29. The van der Waals surface area contributed by atoms with Gasteiger partial charge in [-0.25, -0.2) is 4.39 Å². The van der Waals surface area contributed by atoms with Gasteiger partial charge in [0.2, 0.25) is 0 Å². The fourth-order valence-corrected chi connectivity index (χ4v) is 3.40. The van der Waals surface area contributed by atoms with E-state index in [0.717, 1.165) is 0 Å². The summed E-state index contributed by atoms with van der Waals surface area (Å²) in [7, 11) is 0. The molecule has 8 heteroatoms. The van der Waals surface area contributed by atoms with Crippen molar-refractivity contribution in [2.24, 2.45) is 0 Å². The van der Waals surface area contributed by atoms with Gasteiger partial charge >= 0.3 is 0 Å². The maximum Gasteiger partial charge on any atom is 0.289 e. The van der Waals surface area contributed by atoms with Crippen LogP contribution in [0.3, 0.4) is 0 Å². The van der Waals surface area contributed by atoms with E-state index >= 15 is 0 Å². The third-order valence-electron chi connectivity index (χ3n) is 5.11. The van der Waals surface area contributed by atoms with Crippen LogP contribution in [-0.4, -0.2) is 40.8 Å². The van der Waals surface area contributed by atoms with Crippen LogP contribution in [0.2, 0.25) is 0 Å². The van der Waals surface area contributed by atoms with Gasteiger partial charge in [-0.05, 0) is 61.4 Å². The van der Waals surface area contributed by atoms with Gasteiger partial charge in [0.1, 0.15) is 23.9 Å². The fraction of sp³-hybridized carbons (Fsp3) is 0.261. The van der Waals surface area contributed by atoms with Crippen molar-refractivity contribution in [3.8, 4) is 5.75 Å². The summed E-state index contributed by atoms with van der Waals surface area (Å²) in [5, 5.41) is 2.99. The highest BCUT2D eigenvalue weighted by molar-refractivity contribution is 5.94. The molecule has 4 rings (SSSR count). The lowest BCUT2D eigenvalue weighted by molar-refractivity contribution is 0.0663. The van der Waals surface area contributed by atoms with Gasteiger partial charge in [0.05, 0.1) is 5.56 Å². The van der Waals surface area contributed by atoms with Crippen molar-refractivity contribution in [2.45, 2.75) is 25.5 Å². The highest BCUT2D eigenvalue weighted by Crippen LogP contribution is 2.18. The molecular formula is C23H22FN3O4. The van der Waals surface area contributed by atoms with Crippen LogP contribution >= 0.6 is 0 Å². The Morgan fingerprint density at radius 3 is 2.61 bits per heavy atom. The van der Waals surface area contributed by atoms with Gasteiger partial charge in [-0.2, -0.15) is 0 Å². The average Bonchev–Trinajstić information content (AvgIpc) is 3.28. The molecule has 1 aliphatic heterocycles. The van der Waals surface area contributed by atoms with Crippen LogP contribution in [0.25, 0.3) is 0 Å². The molecule has 0 aliphatic carbocycles. The van der Waals surface area contributed by atoms with E-state index in [4.69, 9.17) is 9.15 Å². The smallest absolute Gasteiger partial charge is 0.289 e. The molecule has 0 atom stereocenters. The van der Waals surface area contributed by atoms with Gasteiger partial charge in [-0.3, -0.25) is 14.6 Å². The second kappa shape index (κ2) is 9.42. The highest BCUT2D eigenvalue weighted by Gasteiger charge is 2.26. The molecule has 1 aromatic carbocycles. The third kappa shape index (κ3) is 5.28. The fourth-order valence-electron chi connectivity index (χ4n) is 3.40. The number of ether oxygens (including phenoxy) is 1. The Balaban J connectivity index is 1.26. The summed E-state index contributed by atoms with van der Waals surface area (Å²) in [5.41, 5.74) is 0.520. The monoisotopic (exact) mass is 423 g/mol. The van der Waals surface area contributed by atoms with Crippen molar-refractivity contribution in [2.75, 3.05) is 13.1 Å². The van der Waals surface area contributed by atoms with E-state index < -0.39 is 0 Å². The van der Waals surface area contributed by atoms with Crippen LogP contribution in [0.1, 0.15) is 39.5 Å². The molecule has 0 radical (unpaired) electrons. The van der Waals surface area contributed by atoms with Crippen LogP contribution in [-0.2, 0) is 6.61 Å². The molecule has 3 aromatic rings. The summed E-state index contributed by atoms with van der Waals surface area (Å²) in [4.78, 5) is 30.7. The van der Waals surface area contributed by atoms with Crippen molar-refractivity contribution in [3.05, 3.63) is 83.8 Å². The normalized spacial score (nSPS) is 14.3. The Hall–Kier alpha value is -3.68. The predicted molar refractivity (Wildman–Crippen MR) is 110 cm³/mol. The highest BCUT2D eigenvalue weighted by atomic mass is 19.1. The first kappa shape index (κ1) is 20.6. The Morgan fingerprint density at radius 1 is 1.13 bits per heavy atom. The minimum atomic E-state index is -0.335. The SMILES string of the molecule is O=C(NC1CCN(C(=O)c2ccc(COc3ccc(F)cc3)o2)CC1)c1cccnc1. The van der Waals surface area contributed by atoms with Crippen molar-refractivity contribution in [1.29, 1.82) is 0 Å². The predicted octanol–water partition coefficient (Wildman–Crippen LogP) is 3.43. The number of amides is 2. The van der Waals surface area contributed by atoms with E-state index in [1.54, 1.807) is 35.4 Å². The van der Waals surface area contributed by atoms with Gasteiger partial charge < -0.3 is 19.4 Å². The minimum Gasteiger partial charge on any atom is -0.486 e. The first-order chi connectivity index (χ1) is 15.1. The molecule has 2 aromatic heterocycles. The Kier molecular flexibility index (Phi) is 6.26. The lowest BCUT2D eigenvalue weighted by atomic mass is 10.0. The number of carbonyl (C=O) groups excluding carboxylic acids is 2. The summed E-state index contributed by atoms with van der Waals surface area (Å²) in [5.74, 6) is 0.585. The quantitative estimate of drug-likeness (QED) is 0.657. The number of carbonyl (C=O) groups is 2. The van der Waals surface area contributed by atoms with E-state index in [0.29, 0.717) is 43.0 Å². The molecule has 0 saturated carbocycles. The number of hydrogen-bond donors (Lipinski definition) is 1. The largest absolute Gasteiger partial charge is 0.486 e. The van der Waals surface area contributed by atoms with E-state index in [2.05, 4.69) is 10.3 Å². The van der Waals surface area contributed by atoms with Gasteiger partial charge in [-0.1, -0.05) is 0 Å². The summed E-state index contributed by atoms with van der Waals surface area (Å²) in [6.07, 6.45) is 4.48. The number of benzene rings is 1. The Morgan fingerprint density at radius 2 is 1.90 bits per heavy atom. The Labute approximate surface area is 178 Å². The number of halogens is 1. The van der Waals surface area contributed by atoms with Crippen molar-refractivity contribution < 1.29 is 23.1 Å². The molecule has 1 N–H and O–H groups in total. The minimum absolute atomic E-state index is 0.00743. The molecule has 3 heterocycles. The molecule has 1 saturated heterocycles. The number of rotatable bonds is 6. The van der Waals surface area contributed by atoms with E-state index in [1.165, 1.54) is 30.5 Å². The first-order valence-electron chi connectivity index (χ1n) is 10.1. The van der Waals surface area contributed by atoms with Crippen LogP contribution in [0.5, 0.6) is 5.75 Å². The summed E-state index contributed by atoms with van der Waals surface area (Å²) in [6.45, 7) is 1.19. The van der Waals surface area contributed by atoms with Gasteiger partial charge in [0, 0.05) is 31.5 Å². The zero-order valence-corrected chi connectivity index (χ0v) is 16.8. The van der Waals surface area contributed by atoms with Crippen LogP contribution < -0.4 is 10.1 Å². The lowest BCUT2D eigenvalue weighted by Gasteiger charge is -2.31. The number of likely N-dealkylation sites (tertiary alicyclic amines) is 1. The maximum absolute atomic E-state index is 12.9. The molecule has 160 valence electrons. The van der Waals surface area contributed by atoms with Gasteiger partial charge in [0.15, 0.2) is 5.76 Å². The van der Waals surface area contributed by atoms with Crippen LogP contribution in [0, 0.1) is 5.82 Å². The number of nitrogens with zero attached hydrogens (tertiary/aromatic N) is 2. The average molecular weight is 423 g/mol. The van der Waals surface area contributed by atoms with Crippen LogP contribution in [0.15, 0.2) is 65.3 Å². The van der Waals surface area contributed by atoms with Crippen LogP contribution in [0.4, 0.5) is 4.39 Å². The summed E-state index contributed by atoms with van der Waals surface area (Å²) in [6, 6.07) is 12.5. The molecule has 1 fully saturated rings. The number of hydrogen-bond acceptors (Lipinski definition) is 5. The zero-order valence-electron chi connectivity index (χ0n) is 16.8. The molecule has 0 bridgehead atoms. The number of piperidine rings is 1. The van der Waals surface area contributed by atoms with E-state index in [9.17, 15) is 14.0 Å². The first-order valence-corrected chi connectivity index (χ1v) is 10.1. The molecule has 1 aliphatic rings. The molecule has 0 unspecified atom stereocenters.